The average molecular weight is 375 g/mol. The van der Waals surface area contributed by atoms with Crippen LogP contribution in [0.2, 0.25) is 0 Å². The number of H-pyrrole nitrogens is 1. The summed E-state index contributed by atoms with van der Waals surface area (Å²) in [5.41, 5.74) is 5.90. The van der Waals surface area contributed by atoms with E-state index in [9.17, 15) is 4.79 Å². The highest BCUT2D eigenvalue weighted by Crippen LogP contribution is 2.16. The van der Waals surface area contributed by atoms with E-state index in [0.29, 0.717) is 13.1 Å². The van der Waals surface area contributed by atoms with Crippen molar-refractivity contribution in [1.82, 2.24) is 24.2 Å². The minimum atomic E-state index is 0.0262. The molecular formula is C22H25N5O. The Morgan fingerprint density at radius 3 is 2.57 bits per heavy atom. The molecule has 0 atom stereocenters. The van der Waals surface area contributed by atoms with Crippen LogP contribution in [0.25, 0.3) is 16.7 Å². The minimum Gasteiger partial charge on any atom is -0.341 e. The number of imidazole rings is 1. The summed E-state index contributed by atoms with van der Waals surface area (Å²) in [6.45, 7) is 5.28. The fraction of sp³-hybridized carbons (Fsp3) is 0.273. The van der Waals surface area contributed by atoms with E-state index in [1.54, 1.807) is 4.68 Å². The van der Waals surface area contributed by atoms with E-state index in [4.69, 9.17) is 0 Å². The van der Waals surface area contributed by atoms with E-state index in [1.165, 1.54) is 5.56 Å². The van der Waals surface area contributed by atoms with E-state index < -0.39 is 0 Å². The number of nitrogens with one attached hydrogen (secondary N) is 1. The molecule has 0 fully saturated rings. The maximum Gasteiger partial charge on any atom is 0.276 e. The molecule has 2 heterocycles. The molecule has 0 bridgehead atoms. The second-order valence-corrected chi connectivity index (χ2v) is 7.42. The van der Waals surface area contributed by atoms with Gasteiger partial charge in [-0.2, -0.15) is 0 Å². The molecule has 0 aliphatic rings. The van der Waals surface area contributed by atoms with Crippen molar-refractivity contribution in [2.24, 2.45) is 7.05 Å². The maximum absolute atomic E-state index is 13.1. The first-order valence-electron chi connectivity index (χ1n) is 9.40. The first-order valence-corrected chi connectivity index (χ1v) is 9.40. The van der Waals surface area contributed by atoms with Gasteiger partial charge in [0.15, 0.2) is 0 Å². The average Bonchev–Trinajstić information content (AvgIpc) is 3.15. The second-order valence-electron chi connectivity index (χ2n) is 7.42. The van der Waals surface area contributed by atoms with Crippen LogP contribution in [-0.4, -0.2) is 31.3 Å². The number of rotatable bonds is 5. The number of hydrogen-bond donors (Lipinski definition) is 1. The number of fused-ring (bicyclic) bond motifs is 1. The number of hydrogen-bond acceptors (Lipinski definition) is 3. The molecule has 144 valence electrons. The third kappa shape index (κ3) is 3.27. The van der Waals surface area contributed by atoms with Gasteiger partial charge in [0.1, 0.15) is 5.82 Å². The zero-order valence-electron chi connectivity index (χ0n) is 16.7. The lowest BCUT2D eigenvalue weighted by molar-refractivity contribution is 0.310. The summed E-state index contributed by atoms with van der Waals surface area (Å²) in [4.78, 5) is 23.2. The van der Waals surface area contributed by atoms with Crippen LogP contribution in [0.15, 0.2) is 53.3 Å². The first-order chi connectivity index (χ1) is 13.4. The van der Waals surface area contributed by atoms with Gasteiger partial charge in [-0.25, -0.2) is 9.67 Å². The van der Waals surface area contributed by atoms with Crippen LogP contribution < -0.4 is 5.56 Å². The van der Waals surface area contributed by atoms with Gasteiger partial charge in [-0.1, -0.05) is 24.3 Å². The Morgan fingerprint density at radius 1 is 1.07 bits per heavy atom. The fourth-order valence-corrected chi connectivity index (χ4v) is 3.64. The van der Waals surface area contributed by atoms with Crippen LogP contribution >= 0.6 is 0 Å². The molecule has 6 nitrogen and oxygen atoms in total. The van der Waals surface area contributed by atoms with Crippen molar-refractivity contribution in [1.29, 1.82) is 0 Å². The summed E-state index contributed by atoms with van der Waals surface area (Å²) in [6.07, 6.45) is 0. The van der Waals surface area contributed by atoms with Gasteiger partial charge < -0.3 is 4.98 Å². The van der Waals surface area contributed by atoms with Gasteiger partial charge in [0.25, 0.3) is 5.56 Å². The summed E-state index contributed by atoms with van der Waals surface area (Å²) in [5, 5.41) is 0. The van der Waals surface area contributed by atoms with Crippen LogP contribution in [0.1, 0.15) is 22.6 Å². The van der Waals surface area contributed by atoms with Gasteiger partial charge >= 0.3 is 0 Å². The number of nitrogens with zero attached hydrogens (tertiary/aromatic N) is 4. The van der Waals surface area contributed by atoms with Crippen molar-refractivity contribution in [2.75, 3.05) is 7.05 Å². The molecule has 2 aromatic carbocycles. The Hall–Kier alpha value is -3.12. The zero-order chi connectivity index (χ0) is 19.8. The normalized spacial score (nSPS) is 11.6. The van der Waals surface area contributed by atoms with E-state index in [0.717, 1.165) is 33.8 Å². The highest BCUT2D eigenvalue weighted by atomic mass is 16.1. The van der Waals surface area contributed by atoms with Crippen LogP contribution in [0.4, 0.5) is 0 Å². The molecule has 0 aliphatic carbocycles. The van der Waals surface area contributed by atoms with Crippen molar-refractivity contribution in [3.05, 3.63) is 81.5 Å². The third-order valence-corrected chi connectivity index (χ3v) is 5.21. The quantitative estimate of drug-likeness (QED) is 0.582. The van der Waals surface area contributed by atoms with Gasteiger partial charge in [-0.3, -0.25) is 14.4 Å². The number of benzene rings is 2. The highest BCUT2D eigenvalue weighted by Gasteiger charge is 2.18. The lowest BCUT2D eigenvalue weighted by Crippen LogP contribution is -2.25. The zero-order valence-corrected chi connectivity index (χ0v) is 16.7. The molecule has 28 heavy (non-hydrogen) atoms. The molecule has 0 radical (unpaired) electrons. The highest BCUT2D eigenvalue weighted by molar-refractivity contribution is 5.75. The molecular weight excluding hydrogens is 350 g/mol. The molecule has 0 amide bonds. The Labute approximate surface area is 164 Å². The minimum absolute atomic E-state index is 0.0262. The van der Waals surface area contributed by atoms with Crippen molar-refractivity contribution in [3.8, 4) is 5.69 Å². The molecule has 0 spiro atoms. The molecule has 0 saturated heterocycles. The molecule has 6 heteroatoms. The van der Waals surface area contributed by atoms with Crippen molar-refractivity contribution in [3.63, 3.8) is 0 Å². The molecule has 1 N–H and O–H groups in total. The van der Waals surface area contributed by atoms with Gasteiger partial charge in [0.2, 0.25) is 0 Å². The van der Waals surface area contributed by atoms with E-state index in [-0.39, 0.29) is 5.56 Å². The Balaban J connectivity index is 1.59. The second kappa shape index (κ2) is 7.13. The Morgan fingerprint density at radius 2 is 1.82 bits per heavy atom. The standard InChI is InChI=1S/C22H25N5O/c1-15-10-11-19-20(12-15)24-21(23-19)14-25(3)13-18-16(2)26(4)27(22(18)28)17-8-6-5-7-9-17/h5-12H,13-14H2,1-4H3,(H,23,24). The molecule has 0 aliphatic heterocycles. The number of aryl methyl sites for hydroxylation is 1. The number of aromatic nitrogens is 4. The third-order valence-electron chi connectivity index (χ3n) is 5.21. The van der Waals surface area contributed by atoms with E-state index in [2.05, 4.69) is 33.9 Å². The Kier molecular flexibility index (Phi) is 4.65. The lowest BCUT2D eigenvalue weighted by Gasteiger charge is -2.14. The van der Waals surface area contributed by atoms with Gasteiger partial charge in [-0.05, 0) is 50.7 Å². The summed E-state index contributed by atoms with van der Waals surface area (Å²) < 4.78 is 3.65. The predicted octanol–water partition coefficient (Wildman–Crippen LogP) is 3.30. The largest absolute Gasteiger partial charge is 0.341 e. The van der Waals surface area contributed by atoms with Gasteiger partial charge in [0, 0.05) is 19.3 Å². The molecule has 4 rings (SSSR count). The van der Waals surface area contributed by atoms with Crippen LogP contribution in [0, 0.1) is 13.8 Å². The summed E-state index contributed by atoms with van der Waals surface area (Å²) in [5.74, 6) is 0.903. The summed E-state index contributed by atoms with van der Waals surface area (Å²) in [7, 11) is 3.94. The molecule has 0 saturated carbocycles. The van der Waals surface area contributed by atoms with Crippen molar-refractivity contribution >= 4 is 11.0 Å². The monoisotopic (exact) mass is 375 g/mol. The molecule has 0 unspecified atom stereocenters. The van der Waals surface area contributed by atoms with Crippen LogP contribution in [0.5, 0.6) is 0 Å². The number of aromatic amines is 1. The fourth-order valence-electron chi connectivity index (χ4n) is 3.64. The van der Waals surface area contributed by atoms with Crippen LogP contribution in [0.3, 0.4) is 0 Å². The number of para-hydroxylation sites is 1. The SMILES string of the molecule is Cc1ccc2nc(CN(C)Cc3c(C)n(C)n(-c4ccccc4)c3=O)[nH]c2c1. The van der Waals surface area contributed by atoms with E-state index in [1.807, 2.05) is 62.1 Å². The topological polar surface area (TPSA) is 58.9 Å². The predicted molar refractivity (Wildman–Crippen MR) is 112 cm³/mol. The lowest BCUT2D eigenvalue weighted by atomic mass is 10.2. The molecule has 2 aromatic heterocycles. The van der Waals surface area contributed by atoms with Crippen molar-refractivity contribution in [2.45, 2.75) is 26.9 Å². The smallest absolute Gasteiger partial charge is 0.276 e. The first kappa shape index (κ1) is 18.3. The maximum atomic E-state index is 13.1. The van der Waals surface area contributed by atoms with Crippen LogP contribution in [-0.2, 0) is 20.1 Å². The van der Waals surface area contributed by atoms with Gasteiger partial charge in [0.05, 0.1) is 28.8 Å². The van der Waals surface area contributed by atoms with Crippen molar-refractivity contribution < 1.29 is 0 Å². The summed E-state index contributed by atoms with van der Waals surface area (Å²) in [6, 6.07) is 15.9. The molecule has 4 aromatic rings. The summed E-state index contributed by atoms with van der Waals surface area (Å²) >= 11 is 0. The Bertz CT molecular complexity index is 1180. The van der Waals surface area contributed by atoms with E-state index >= 15 is 0 Å². The van der Waals surface area contributed by atoms with Gasteiger partial charge in [-0.15, -0.1) is 0 Å².